The molecule has 138 valence electrons. The Kier molecular flexibility index (Phi) is 4.06. The van der Waals surface area contributed by atoms with Gasteiger partial charge in [-0.2, -0.15) is 0 Å². The Labute approximate surface area is 166 Å². The third-order valence-electron chi connectivity index (χ3n) is 4.55. The number of nitrogens with zero attached hydrogens (tertiary/aromatic N) is 4. The van der Waals surface area contributed by atoms with E-state index < -0.39 is 0 Å². The van der Waals surface area contributed by atoms with Crippen LogP contribution in [0.2, 0.25) is 0 Å². The summed E-state index contributed by atoms with van der Waals surface area (Å²) in [5.74, 6) is 8.02. The van der Waals surface area contributed by atoms with Crippen LogP contribution in [0.15, 0.2) is 32.8 Å². The molecule has 0 saturated heterocycles. The molecule has 4 heterocycles. The third-order valence-corrected chi connectivity index (χ3v) is 7.39. The van der Waals surface area contributed by atoms with Crippen LogP contribution in [0.4, 0.5) is 0 Å². The van der Waals surface area contributed by atoms with Crippen molar-refractivity contribution in [3.8, 4) is 10.4 Å². The fraction of sp³-hybridized carbons (Fsp3) is 0.294. The standard InChI is InChI=1S/C17H16N6OS3/c1-8(27-17-22-21-14(23(17)18)9-4-5-9)13-19-15(24)12-10(7-26-16(12)20-13)11-3-2-6-25-11/h2-3,6-9H,4-5,18H2,1H3,(H,19,20,24). The molecular formula is C17H16N6OS3. The molecule has 4 aromatic heterocycles. The van der Waals surface area contributed by atoms with E-state index in [9.17, 15) is 4.79 Å². The van der Waals surface area contributed by atoms with Crippen LogP contribution in [-0.2, 0) is 0 Å². The molecule has 7 nitrogen and oxygen atoms in total. The minimum Gasteiger partial charge on any atom is -0.336 e. The second-order valence-corrected chi connectivity index (χ2v) is 9.62. The molecule has 1 aliphatic carbocycles. The minimum atomic E-state index is -0.111. The smallest absolute Gasteiger partial charge is 0.260 e. The second kappa shape index (κ2) is 6.47. The van der Waals surface area contributed by atoms with Crippen molar-refractivity contribution in [1.82, 2.24) is 24.8 Å². The Morgan fingerprint density at radius 2 is 2.22 bits per heavy atom. The molecule has 0 spiro atoms. The number of fused-ring (bicyclic) bond motifs is 1. The summed E-state index contributed by atoms with van der Waals surface area (Å²) >= 11 is 4.56. The zero-order valence-electron chi connectivity index (χ0n) is 14.4. The quantitative estimate of drug-likeness (QED) is 0.379. The molecule has 0 bridgehead atoms. The maximum absolute atomic E-state index is 12.8. The fourth-order valence-corrected chi connectivity index (χ4v) is 5.58. The highest BCUT2D eigenvalue weighted by molar-refractivity contribution is 7.99. The van der Waals surface area contributed by atoms with E-state index in [-0.39, 0.29) is 10.8 Å². The van der Waals surface area contributed by atoms with Gasteiger partial charge in [0.25, 0.3) is 5.56 Å². The summed E-state index contributed by atoms with van der Waals surface area (Å²) in [6, 6.07) is 4.00. The lowest BCUT2D eigenvalue weighted by molar-refractivity contribution is 0.785. The third kappa shape index (κ3) is 2.97. The van der Waals surface area contributed by atoms with E-state index in [0.717, 1.165) is 33.9 Å². The Morgan fingerprint density at radius 3 is 2.96 bits per heavy atom. The van der Waals surface area contributed by atoms with Crippen LogP contribution in [0.3, 0.4) is 0 Å². The summed E-state index contributed by atoms with van der Waals surface area (Å²) in [6.45, 7) is 1.98. The Hall–Kier alpha value is -2.17. The van der Waals surface area contributed by atoms with Crippen molar-refractivity contribution >= 4 is 44.7 Å². The Balaban J connectivity index is 1.47. The zero-order valence-corrected chi connectivity index (χ0v) is 16.8. The summed E-state index contributed by atoms with van der Waals surface area (Å²) in [6.07, 6.45) is 2.23. The molecule has 1 atom stereocenters. The van der Waals surface area contributed by atoms with E-state index in [2.05, 4.69) is 15.2 Å². The molecule has 0 amide bonds. The fourth-order valence-electron chi connectivity index (χ4n) is 2.97. The lowest BCUT2D eigenvalue weighted by Gasteiger charge is -2.10. The Bertz CT molecular complexity index is 1170. The van der Waals surface area contributed by atoms with Crippen molar-refractivity contribution in [2.75, 3.05) is 5.84 Å². The molecule has 1 fully saturated rings. The van der Waals surface area contributed by atoms with Gasteiger partial charge in [-0.05, 0) is 31.2 Å². The maximum atomic E-state index is 12.8. The predicted molar refractivity (Wildman–Crippen MR) is 110 cm³/mol. The van der Waals surface area contributed by atoms with E-state index in [1.54, 1.807) is 16.0 Å². The van der Waals surface area contributed by atoms with E-state index in [1.165, 1.54) is 23.1 Å². The highest BCUT2D eigenvalue weighted by atomic mass is 32.2. The zero-order chi connectivity index (χ0) is 18.5. The number of aromatic amines is 1. The summed E-state index contributed by atoms with van der Waals surface area (Å²) in [7, 11) is 0. The number of nitrogens with one attached hydrogen (secondary N) is 1. The van der Waals surface area contributed by atoms with Crippen molar-refractivity contribution < 1.29 is 0 Å². The monoisotopic (exact) mass is 416 g/mol. The first-order valence-electron chi connectivity index (χ1n) is 8.54. The number of thiophene rings is 2. The summed E-state index contributed by atoms with van der Waals surface area (Å²) in [4.78, 5) is 22.2. The van der Waals surface area contributed by atoms with Gasteiger partial charge in [-0.15, -0.1) is 32.9 Å². The highest BCUT2D eigenvalue weighted by Gasteiger charge is 2.30. The van der Waals surface area contributed by atoms with Gasteiger partial charge in [0.05, 0.1) is 10.6 Å². The molecule has 1 aliphatic rings. The number of rotatable bonds is 5. The van der Waals surface area contributed by atoms with Gasteiger partial charge in [-0.25, -0.2) is 9.66 Å². The normalized spacial score (nSPS) is 15.4. The molecule has 1 saturated carbocycles. The van der Waals surface area contributed by atoms with Gasteiger partial charge in [-0.3, -0.25) is 4.79 Å². The lowest BCUT2D eigenvalue weighted by Crippen LogP contribution is -2.15. The number of thioether (sulfide) groups is 1. The number of aromatic nitrogens is 5. The van der Waals surface area contributed by atoms with Crippen molar-refractivity contribution in [1.29, 1.82) is 0 Å². The first kappa shape index (κ1) is 17.0. The van der Waals surface area contributed by atoms with Gasteiger partial charge in [-0.1, -0.05) is 17.8 Å². The topological polar surface area (TPSA) is 102 Å². The first-order valence-corrected chi connectivity index (χ1v) is 11.2. The number of nitrogens with two attached hydrogens (primary N) is 1. The number of H-pyrrole nitrogens is 1. The molecule has 4 aromatic rings. The van der Waals surface area contributed by atoms with Crippen LogP contribution >= 0.6 is 34.4 Å². The average Bonchev–Trinajstić information content (AvgIpc) is 3.06. The number of hydrogen-bond donors (Lipinski definition) is 2. The predicted octanol–water partition coefficient (Wildman–Crippen LogP) is 3.75. The van der Waals surface area contributed by atoms with Crippen molar-refractivity contribution in [3.05, 3.63) is 44.9 Å². The Morgan fingerprint density at radius 1 is 1.37 bits per heavy atom. The maximum Gasteiger partial charge on any atom is 0.260 e. The molecule has 3 N–H and O–H groups in total. The lowest BCUT2D eigenvalue weighted by atomic mass is 10.2. The number of hydrogen-bond acceptors (Lipinski definition) is 8. The summed E-state index contributed by atoms with van der Waals surface area (Å²) < 4.78 is 1.56. The minimum absolute atomic E-state index is 0.104. The van der Waals surface area contributed by atoms with Crippen LogP contribution in [0, 0.1) is 0 Å². The van der Waals surface area contributed by atoms with Crippen molar-refractivity contribution in [2.45, 2.75) is 36.1 Å². The van der Waals surface area contributed by atoms with E-state index in [0.29, 0.717) is 22.3 Å². The van der Waals surface area contributed by atoms with E-state index in [1.807, 2.05) is 29.8 Å². The van der Waals surface area contributed by atoms with Gasteiger partial charge in [0.1, 0.15) is 10.7 Å². The van der Waals surface area contributed by atoms with Crippen molar-refractivity contribution in [3.63, 3.8) is 0 Å². The summed E-state index contributed by atoms with van der Waals surface area (Å²) in [5, 5.41) is 13.6. The van der Waals surface area contributed by atoms with Crippen molar-refractivity contribution in [2.24, 2.45) is 0 Å². The summed E-state index contributed by atoms with van der Waals surface area (Å²) in [5.41, 5.74) is 0.835. The molecule has 0 radical (unpaired) electrons. The van der Waals surface area contributed by atoms with Gasteiger partial charge < -0.3 is 10.8 Å². The van der Waals surface area contributed by atoms with Gasteiger partial charge in [0.2, 0.25) is 5.16 Å². The molecule has 10 heteroatoms. The van der Waals surface area contributed by atoms with E-state index >= 15 is 0 Å². The molecule has 0 aliphatic heterocycles. The van der Waals surface area contributed by atoms with E-state index in [4.69, 9.17) is 10.8 Å². The molecular weight excluding hydrogens is 400 g/mol. The largest absolute Gasteiger partial charge is 0.336 e. The van der Waals surface area contributed by atoms with Gasteiger partial charge >= 0.3 is 0 Å². The van der Waals surface area contributed by atoms with Gasteiger partial charge in [0.15, 0.2) is 5.82 Å². The second-order valence-electron chi connectivity index (χ2n) is 6.50. The molecule has 0 aromatic carbocycles. The van der Waals surface area contributed by atoms with Gasteiger partial charge in [0, 0.05) is 21.7 Å². The van der Waals surface area contributed by atoms with Crippen LogP contribution in [0.25, 0.3) is 20.7 Å². The van der Waals surface area contributed by atoms with Crippen LogP contribution < -0.4 is 11.4 Å². The average molecular weight is 417 g/mol. The molecule has 1 unspecified atom stereocenters. The van der Waals surface area contributed by atoms with Crippen LogP contribution in [0.5, 0.6) is 0 Å². The number of nitrogen functional groups attached to an aromatic ring is 1. The van der Waals surface area contributed by atoms with Crippen LogP contribution in [-0.4, -0.2) is 24.8 Å². The SMILES string of the molecule is CC(Sc1nnc(C2CC2)n1N)c1nc2scc(-c3cccs3)c2c(=O)[nH]1. The highest BCUT2D eigenvalue weighted by Crippen LogP contribution is 2.41. The van der Waals surface area contributed by atoms with Crippen LogP contribution in [0.1, 0.15) is 42.6 Å². The molecule has 27 heavy (non-hydrogen) atoms. The first-order chi connectivity index (χ1) is 13.1. The molecule has 5 rings (SSSR count).